The van der Waals surface area contributed by atoms with Gasteiger partial charge in [-0.25, -0.2) is 0 Å². The van der Waals surface area contributed by atoms with E-state index in [1.165, 1.54) is 12.0 Å². The Kier molecular flexibility index (Phi) is 10.00. The summed E-state index contributed by atoms with van der Waals surface area (Å²) in [5.74, 6) is -0.947. The second-order valence-electron chi connectivity index (χ2n) is 7.76. The molecule has 2 amide bonds. The Balaban J connectivity index is 1.61. The number of thiocarbonyl (C=S) groups is 1. The fourth-order valence-electron chi connectivity index (χ4n) is 3.56. The Morgan fingerprint density at radius 1 is 1.09 bits per heavy atom. The number of benzene rings is 2. The van der Waals surface area contributed by atoms with Gasteiger partial charge in [0.05, 0.1) is 25.2 Å². The summed E-state index contributed by atoms with van der Waals surface area (Å²) in [4.78, 5) is 39.2. The van der Waals surface area contributed by atoms with Crippen molar-refractivity contribution in [2.45, 2.75) is 18.9 Å². The molecule has 0 saturated carbocycles. The van der Waals surface area contributed by atoms with E-state index in [9.17, 15) is 14.4 Å². The number of para-hydroxylation sites is 1. The molecule has 10 heteroatoms. The van der Waals surface area contributed by atoms with E-state index in [4.69, 9.17) is 26.4 Å². The number of ether oxygens (including phenoxy) is 3. The van der Waals surface area contributed by atoms with E-state index in [-0.39, 0.29) is 30.7 Å². The summed E-state index contributed by atoms with van der Waals surface area (Å²) >= 11 is 5.44. The zero-order valence-electron chi connectivity index (χ0n) is 19.5. The number of carbonyl (C=O) groups is 3. The molecular formula is C25H29N3O6S. The molecule has 1 aliphatic heterocycles. The third-order valence-electron chi connectivity index (χ3n) is 5.35. The van der Waals surface area contributed by atoms with Gasteiger partial charge in [-0.15, -0.1) is 0 Å². The van der Waals surface area contributed by atoms with Gasteiger partial charge in [0.25, 0.3) is 5.91 Å². The minimum atomic E-state index is -0.885. The van der Waals surface area contributed by atoms with Crippen molar-refractivity contribution >= 4 is 35.1 Å². The van der Waals surface area contributed by atoms with Gasteiger partial charge in [-0.05, 0) is 29.9 Å². The van der Waals surface area contributed by atoms with Gasteiger partial charge in [-0.1, -0.05) is 42.5 Å². The molecule has 1 heterocycles. The van der Waals surface area contributed by atoms with Crippen LogP contribution in [0, 0.1) is 0 Å². The number of amides is 2. The average molecular weight is 500 g/mol. The van der Waals surface area contributed by atoms with Crippen LogP contribution in [0.5, 0.6) is 5.75 Å². The summed E-state index contributed by atoms with van der Waals surface area (Å²) in [5, 5.41) is 5.45. The Labute approximate surface area is 209 Å². The van der Waals surface area contributed by atoms with Crippen molar-refractivity contribution in [2.75, 3.05) is 40.0 Å². The van der Waals surface area contributed by atoms with E-state index >= 15 is 0 Å². The molecule has 3 rings (SSSR count). The Bertz CT molecular complexity index is 1030. The summed E-state index contributed by atoms with van der Waals surface area (Å²) < 4.78 is 15.8. The van der Waals surface area contributed by atoms with Gasteiger partial charge in [0.1, 0.15) is 18.4 Å². The number of piperazine rings is 1. The second kappa shape index (κ2) is 13.4. The van der Waals surface area contributed by atoms with Crippen LogP contribution in [0.4, 0.5) is 0 Å². The predicted octanol–water partition coefficient (Wildman–Crippen LogP) is 1.70. The minimum Gasteiger partial charge on any atom is -0.492 e. The summed E-state index contributed by atoms with van der Waals surface area (Å²) in [6, 6.07) is 15.9. The highest BCUT2D eigenvalue weighted by Crippen LogP contribution is 2.19. The molecule has 0 aromatic heterocycles. The molecule has 0 aliphatic carbocycles. The number of carbonyl (C=O) groups excluding carboxylic acids is 3. The maximum Gasteiger partial charge on any atom is 0.308 e. The molecule has 2 N–H and O–H groups in total. The third kappa shape index (κ3) is 7.76. The first-order valence-corrected chi connectivity index (χ1v) is 11.7. The van der Waals surface area contributed by atoms with E-state index in [1.54, 1.807) is 24.3 Å². The quantitative estimate of drug-likeness (QED) is 0.289. The number of esters is 1. The van der Waals surface area contributed by atoms with Crippen LogP contribution in [0.1, 0.15) is 22.3 Å². The van der Waals surface area contributed by atoms with Crippen molar-refractivity contribution in [1.82, 2.24) is 15.5 Å². The second-order valence-corrected chi connectivity index (χ2v) is 8.14. The third-order valence-corrected chi connectivity index (χ3v) is 5.68. The topological polar surface area (TPSA) is 106 Å². The van der Waals surface area contributed by atoms with Gasteiger partial charge in [0, 0.05) is 26.6 Å². The molecular weight excluding hydrogens is 470 g/mol. The first kappa shape index (κ1) is 26.1. The molecule has 0 bridgehead atoms. The molecule has 2 aromatic carbocycles. The van der Waals surface area contributed by atoms with Crippen molar-refractivity contribution in [3.8, 4) is 5.75 Å². The lowest BCUT2D eigenvalue weighted by molar-refractivity contribution is -0.148. The fraction of sp³-hybridized carbons (Fsp3) is 0.360. The van der Waals surface area contributed by atoms with Crippen LogP contribution in [0.25, 0.3) is 0 Å². The van der Waals surface area contributed by atoms with Crippen LogP contribution < -0.4 is 15.4 Å². The number of hydrogen-bond acceptors (Lipinski definition) is 7. The Hall–Kier alpha value is -3.50. The lowest BCUT2D eigenvalue weighted by Crippen LogP contribution is -2.60. The normalized spacial score (nSPS) is 15.2. The van der Waals surface area contributed by atoms with Gasteiger partial charge in [0.2, 0.25) is 5.91 Å². The van der Waals surface area contributed by atoms with Crippen molar-refractivity contribution in [3.05, 3.63) is 65.7 Å². The summed E-state index contributed by atoms with van der Waals surface area (Å²) in [6.07, 6.45) is 0.491. The average Bonchev–Trinajstić information content (AvgIpc) is 2.86. The minimum absolute atomic E-state index is 0.0543. The SMILES string of the molecule is COCCOC(=O)CC1C(=O)NCCN1C(=S)NC(=O)c1ccccc1OCCc1ccccc1. The lowest BCUT2D eigenvalue weighted by atomic mass is 10.1. The zero-order chi connectivity index (χ0) is 25.0. The van der Waals surface area contributed by atoms with Crippen LogP contribution in [-0.4, -0.2) is 73.9 Å². The maximum absolute atomic E-state index is 13.0. The summed E-state index contributed by atoms with van der Waals surface area (Å²) in [5.41, 5.74) is 1.45. The number of hydrogen-bond donors (Lipinski definition) is 2. The Morgan fingerprint density at radius 2 is 1.83 bits per heavy atom. The molecule has 2 aromatic rings. The van der Waals surface area contributed by atoms with E-state index in [0.29, 0.717) is 37.4 Å². The molecule has 0 spiro atoms. The van der Waals surface area contributed by atoms with Crippen molar-refractivity contribution in [3.63, 3.8) is 0 Å². The molecule has 1 aliphatic rings. The number of nitrogens with one attached hydrogen (secondary N) is 2. The van der Waals surface area contributed by atoms with Gasteiger partial charge in [-0.3, -0.25) is 19.7 Å². The highest BCUT2D eigenvalue weighted by atomic mass is 32.1. The van der Waals surface area contributed by atoms with Crippen LogP contribution in [0.2, 0.25) is 0 Å². The summed E-state index contributed by atoms with van der Waals surface area (Å²) in [7, 11) is 1.50. The summed E-state index contributed by atoms with van der Waals surface area (Å²) in [6.45, 7) is 1.43. The first-order valence-electron chi connectivity index (χ1n) is 11.3. The number of rotatable bonds is 10. The first-order chi connectivity index (χ1) is 17.0. The van der Waals surface area contributed by atoms with E-state index in [0.717, 1.165) is 5.56 Å². The maximum atomic E-state index is 13.0. The molecule has 1 atom stereocenters. The van der Waals surface area contributed by atoms with Crippen LogP contribution in [-0.2, 0) is 25.5 Å². The van der Waals surface area contributed by atoms with Crippen molar-refractivity contribution < 1.29 is 28.6 Å². The molecule has 0 radical (unpaired) electrons. The van der Waals surface area contributed by atoms with Crippen LogP contribution >= 0.6 is 12.2 Å². The van der Waals surface area contributed by atoms with Crippen molar-refractivity contribution in [1.29, 1.82) is 0 Å². The van der Waals surface area contributed by atoms with Gasteiger partial charge in [0.15, 0.2) is 5.11 Å². The standard InChI is InChI=1S/C25H29N3O6S/c1-32-15-16-34-22(29)17-20-24(31)26-12-13-28(20)25(35)27-23(30)19-9-5-6-10-21(19)33-14-11-18-7-3-2-4-8-18/h2-10,20H,11-17H2,1H3,(H,26,31)(H,27,30,35). The number of methoxy groups -OCH3 is 1. The molecule has 1 unspecified atom stereocenters. The zero-order valence-corrected chi connectivity index (χ0v) is 20.3. The van der Waals surface area contributed by atoms with E-state index in [1.807, 2.05) is 30.3 Å². The van der Waals surface area contributed by atoms with Crippen molar-refractivity contribution in [2.24, 2.45) is 0 Å². The number of nitrogens with zero attached hydrogens (tertiary/aromatic N) is 1. The molecule has 1 saturated heterocycles. The monoisotopic (exact) mass is 499 g/mol. The molecule has 186 valence electrons. The van der Waals surface area contributed by atoms with E-state index < -0.39 is 17.9 Å². The van der Waals surface area contributed by atoms with Gasteiger partial charge < -0.3 is 24.4 Å². The van der Waals surface area contributed by atoms with Gasteiger partial charge >= 0.3 is 5.97 Å². The smallest absolute Gasteiger partial charge is 0.308 e. The highest BCUT2D eigenvalue weighted by Gasteiger charge is 2.34. The van der Waals surface area contributed by atoms with Crippen LogP contribution in [0.15, 0.2) is 54.6 Å². The van der Waals surface area contributed by atoms with E-state index in [2.05, 4.69) is 10.6 Å². The van der Waals surface area contributed by atoms with Gasteiger partial charge in [-0.2, -0.15) is 0 Å². The predicted molar refractivity (Wildman–Crippen MR) is 133 cm³/mol. The van der Waals surface area contributed by atoms with Crippen LogP contribution in [0.3, 0.4) is 0 Å². The molecule has 1 fully saturated rings. The lowest BCUT2D eigenvalue weighted by Gasteiger charge is -2.36. The molecule has 35 heavy (non-hydrogen) atoms. The Morgan fingerprint density at radius 3 is 2.60 bits per heavy atom. The molecule has 9 nitrogen and oxygen atoms in total. The highest BCUT2D eigenvalue weighted by molar-refractivity contribution is 7.80. The fourth-order valence-corrected chi connectivity index (χ4v) is 3.87. The largest absolute Gasteiger partial charge is 0.492 e.